The number of methoxy groups -OCH3 is 1. The highest BCUT2D eigenvalue weighted by Gasteiger charge is 2.31. The van der Waals surface area contributed by atoms with Gasteiger partial charge in [-0.2, -0.15) is 4.72 Å². The lowest BCUT2D eigenvalue weighted by Gasteiger charge is -2.21. The molecule has 1 N–H and O–H groups in total. The van der Waals surface area contributed by atoms with Crippen LogP contribution < -0.4 is 9.46 Å². The molecule has 8 heteroatoms. The number of ether oxygens (including phenoxy) is 2. The number of benzene rings is 1. The Bertz CT molecular complexity index is 630. The lowest BCUT2D eigenvalue weighted by molar-refractivity contribution is -0.146. The Morgan fingerprint density at radius 3 is 2.50 bits per heavy atom. The number of carbonyl (C=O) groups is 1. The number of hydrogen-bond donors (Lipinski definition) is 1. The molecule has 0 saturated heterocycles. The van der Waals surface area contributed by atoms with Crippen molar-refractivity contribution in [1.29, 1.82) is 0 Å². The Hall–Kier alpha value is -1.31. The van der Waals surface area contributed by atoms with E-state index in [1.165, 1.54) is 25.3 Å². The normalized spacial score (nSPS) is 13.0. The maximum Gasteiger partial charge on any atom is 0.324 e. The molecule has 0 unspecified atom stereocenters. The molecule has 6 nitrogen and oxygen atoms in total. The van der Waals surface area contributed by atoms with Gasteiger partial charge in [0.1, 0.15) is 16.7 Å². The van der Waals surface area contributed by atoms with E-state index < -0.39 is 22.0 Å². The van der Waals surface area contributed by atoms with Crippen molar-refractivity contribution in [2.75, 3.05) is 13.7 Å². The summed E-state index contributed by atoms with van der Waals surface area (Å²) >= 11 is 5.85. The summed E-state index contributed by atoms with van der Waals surface area (Å²) in [5, 5.41) is 0.249. The van der Waals surface area contributed by atoms with E-state index in [1.54, 1.807) is 20.8 Å². The second-order valence-electron chi connectivity index (χ2n) is 4.89. The Labute approximate surface area is 135 Å². The SMILES string of the molecule is CCOC(=O)[C@@H](NS(=O)(=O)c1cc(Cl)ccc1OC)C(C)C. The maximum atomic E-state index is 12.5. The minimum absolute atomic E-state index is 0.127. The van der Waals surface area contributed by atoms with Crippen LogP contribution in [0.4, 0.5) is 0 Å². The van der Waals surface area contributed by atoms with Gasteiger partial charge in [-0.3, -0.25) is 4.79 Å². The van der Waals surface area contributed by atoms with Crippen molar-refractivity contribution in [2.45, 2.75) is 31.7 Å². The highest BCUT2D eigenvalue weighted by molar-refractivity contribution is 7.89. The predicted molar refractivity (Wildman–Crippen MR) is 83.6 cm³/mol. The van der Waals surface area contributed by atoms with E-state index in [9.17, 15) is 13.2 Å². The standard InChI is InChI=1S/C14H20ClNO5S/c1-5-21-14(17)13(9(2)3)16-22(18,19)12-8-10(15)6-7-11(12)20-4/h6-9,13,16H,5H2,1-4H3/t13-/m0/s1. The van der Waals surface area contributed by atoms with Gasteiger partial charge in [-0.05, 0) is 31.0 Å². The third kappa shape index (κ3) is 4.59. The molecule has 124 valence electrons. The molecule has 0 aliphatic carbocycles. The number of rotatable bonds is 7. The van der Waals surface area contributed by atoms with E-state index >= 15 is 0 Å². The van der Waals surface area contributed by atoms with Crippen LogP contribution in [0.5, 0.6) is 5.75 Å². The van der Waals surface area contributed by atoms with Crippen LogP contribution in [0.25, 0.3) is 0 Å². The monoisotopic (exact) mass is 349 g/mol. The predicted octanol–water partition coefficient (Wildman–Crippen LogP) is 2.21. The molecule has 0 spiro atoms. The lowest BCUT2D eigenvalue weighted by Crippen LogP contribution is -2.45. The second-order valence-corrected chi connectivity index (χ2v) is 7.01. The topological polar surface area (TPSA) is 81.7 Å². The maximum absolute atomic E-state index is 12.5. The van der Waals surface area contributed by atoms with Gasteiger partial charge in [-0.15, -0.1) is 0 Å². The molecule has 0 aromatic heterocycles. The van der Waals surface area contributed by atoms with Gasteiger partial charge >= 0.3 is 5.97 Å². The molecule has 0 aliphatic heterocycles. The molecule has 1 rings (SSSR count). The largest absolute Gasteiger partial charge is 0.495 e. The number of halogens is 1. The first-order valence-electron chi connectivity index (χ1n) is 6.75. The number of sulfonamides is 1. The summed E-state index contributed by atoms with van der Waals surface area (Å²) in [6.45, 7) is 5.27. The fourth-order valence-electron chi connectivity index (χ4n) is 1.78. The molecule has 0 amide bonds. The van der Waals surface area contributed by atoms with Crippen LogP contribution in [0.2, 0.25) is 5.02 Å². The Balaban J connectivity index is 3.18. The number of esters is 1. The first-order valence-corrected chi connectivity index (χ1v) is 8.61. The smallest absolute Gasteiger partial charge is 0.324 e. The molecule has 0 aliphatic rings. The number of carbonyl (C=O) groups excluding carboxylic acids is 1. The summed E-state index contributed by atoms with van der Waals surface area (Å²) in [6.07, 6.45) is 0. The van der Waals surface area contributed by atoms with Crippen molar-refractivity contribution in [3.05, 3.63) is 23.2 Å². The molecular weight excluding hydrogens is 330 g/mol. The molecule has 1 atom stereocenters. The van der Waals surface area contributed by atoms with E-state index in [4.69, 9.17) is 21.1 Å². The first kappa shape index (κ1) is 18.7. The minimum atomic E-state index is -3.99. The van der Waals surface area contributed by atoms with E-state index in [2.05, 4.69) is 4.72 Å². The molecule has 1 aromatic rings. The van der Waals surface area contributed by atoms with Crippen molar-refractivity contribution in [2.24, 2.45) is 5.92 Å². The van der Waals surface area contributed by atoms with Gasteiger partial charge < -0.3 is 9.47 Å². The average molecular weight is 350 g/mol. The zero-order valence-corrected chi connectivity index (χ0v) is 14.5. The molecule has 0 fully saturated rings. The van der Waals surface area contributed by atoms with Crippen molar-refractivity contribution >= 4 is 27.6 Å². The summed E-state index contributed by atoms with van der Waals surface area (Å²) in [5.74, 6) is -0.760. The van der Waals surface area contributed by atoms with Gasteiger partial charge in [-0.25, -0.2) is 8.42 Å². The van der Waals surface area contributed by atoms with Crippen LogP contribution in [0.3, 0.4) is 0 Å². The van der Waals surface area contributed by atoms with Crippen LogP contribution in [0, 0.1) is 5.92 Å². The molecular formula is C14H20ClNO5S. The third-order valence-corrected chi connectivity index (χ3v) is 4.60. The van der Waals surface area contributed by atoms with E-state index in [0.717, 1.165) is 0 Å². The van der Waals surface area contributed by atoms with Crippen molar-refractivity contribution in [1.82, 2.24) is 4.72 Å². The van der Waals surface area contributed by atoms with Gasteiger partial charge in [0.2, 0.25) is 10.0 Å². The van der Waals surface area contributed by atoms with Crippen LogP contribution in [-0.2, 0) is 19.6 Å². The van der Waals surface area contributed by atoms with Gasteiger partial charge in [0, 0.05) is 5.02 Å². The molecule has 0 bridgehead atoms. The highest BCUT2D eigenvalue weighted by atomic mass is 35.5. The summed E-state index contributed by atoms with van der Waals surface area (Å²) in [4.78, 5) is 11.8. The summed E-state index contributed by atoms with van der Waals surface area (Å²) < 4.78 is 37.4. The van der Waals surface area contributed by atoms with Crippen LogP contribution in [0.1, 0.15) is 20.8 Å². The quantitative estimate of drug-likeness (QED) is 0.763. The number of nitrogens with one attached hydrogen (secondary N) is 1. The van der Waals surface area contributed by atoms with Gasteiger partial charge in [0.15, 0.2) is 0 Å². The minimum Gasteiger partial charge on any atom is -0.495 e. The van der Waals surface area contributed by atoms with Gasteiger partial charge in [-0.1, -0.05) is 25.4 Å². The zero-order valence-electron chi connectivity index (χ0n) is 12.9. The van der Waals surface area contributed by atoms with E-state index in [-0.39, 0.29) is 28.2 Å². The zero-order chi connectivity index (χ0) is 16.9. The van der Waals surface area contributed by atoms with Gasteiger partial charge in [0.05, 0.1) is 13.7 Å². The molecule has 22 heavy (non-hydrogen) atoms. The first-order chi connectivity index (χ1) is 10.2. The van der Waals surface area contributed by atoms with Crippen LogP contribution in [0.15, 0.2) is 23.1 Å². The number of hydrogen-bond acceptors (Lipinski definition) is 5. The molecule has 0 radical (unpaired) electrons. The van der Waals surface area contributed by atoms with E-state index in [1.807, 2.05) is 0 Å². The fourth-order valence-corrected chi connectivity index (χ4v) is 3.54. The molecule has 0 saturated carbocycles. The summed E-state index contributed by atoms with van der Waals surface area (Å²) in [5.41, 5.74) is 0. The fraction of sp³-hybridized carbons (Fsp3) is 0.500. The molecule has 0 heterocycles. The van der Waals surface area contributed by atoms with E-state index in [0.29, 0.717) is 0 Å². The second kappa shape index (κ2) is 7.80. The van der Waals surface area contributed by atoms with Crippen molar-refractivity contribution in [3.63, 3.8) is 0 Å². The Kier molecular flexibility index (Phi) is 6.65. The third-order valence-electron chi connectivity index (χ3n) is 2.90. The Morgan fingerprint density at radius 2 is 2.00 bits per heavy atom. The van der Waals surface area contributed by atoms with Crippen molar-refractivity contribution < 1.29 is 22.7 Å². The highest BCUT2D eigenvalue weighted by Crippen LogP contribution is 2.27. The Morgan fingerprint density at radius 1 is 1.36 bits per heavy atom. The summed E-state index contributed by atoms with van der Waals surface area (Å²) in [7, 11) is -2.64. The van der Waals surface area contributed by atoms with Crippen LogP contribution >= 0.6 is 11.6 Å². The molecule has 1 aromatic carbocycles. The van der Waals surface area contributed by atoms with Crippen molar-refractivity contribution in [3.8, 4) is 5.75 Å². The van der Waals surface area contributed by atoms with Crippen LogP contribution in [-0.4, -0.2) is 34.1 Å². The summed E-state index contributed by atoms with van der Waals surface area (Å²) in [6, 6.07) is 3.25. The average Bonchev–Trinajstić information content (AvgIpc) is 2.44. The van der Waals surface area contributed by atoms with Gasteiger partial charge in [0.25, 0.3) is 0 Å². The lowest BCUT2D eigenvalue weighted by atomic mass is 10.1.